The summed E-state index contributed by atoms with van der Waals surface area (Å²) in [4.78, 5) is 0. The molecule has 1 unspecified atom stereocenters. The van der Waals surface area contributed by atoms with Gasteiger partial charge in [0, 0.05) is 0 Å². The summed E-state index contributed by atoms with van der Waals surface area (Å²) in [6.07, 6.45) is -4.85. The summed E-state index contributed by atoms with van der Waals surface area (Å²) in [7, 11) is 0. The van der Waals surface area contributed by atoms with Crippen molar-refractivity contribution in [3.63, 3.8) is 0 Å². The maximum atomic E-state index is 9.20. The fourth-order valence-corrected chi connectivity index (χ4v) is 1.53. The van der Waals surface area contributed by atoms with Crippen LogP contribution >= 0.6 is 11.3 Å². The minimum absolute atomic E-state index is 0.470. The van der Waals surface area contributed by atoms with Crippen LogP contribution in [0.15, 0.2) is 11.0 Å². The number of nitrogens with two attached hydrogens (primary N) is 1. The number of aliphatic hydroxyl groups excluding tert-OH is 4. The Labute approximate surface area is 101 Å². The van der Waals surface area contributed by atoms with Gasteiger partial charge < -0.3 is 30.9 Å². The molecule has 1 aliphatic heterocycles. The smallest absolute Gasteiger partial charge is 0.173 e. The molecular weight excluding hydrogens is 250 g/mol. The Morgan fingerprint density at radius 2 is 1.76 bits per heavy atom. The van der Waals surface area contributed by atoms with Gasteiger partial charge in [-0.2, -0.15) is 0 Å². The van der Waals surface area contributed by atoms with Crippen molar-refractivity contribution in [3.8, 4) is 0 Å². The van der Waals surface area contributed by atoms with Crippen LogP contribution in [-0.2, 0) is 4.74 Å². The quantitative estimate of drug-likeness (QED) is 0.369. The van der Waals surface area contributed by atoms with Crippen molar-refractivity contribution in [3.05, 3.63) is 11.0 Å². The number of hydrogen-bond acceptors (Lipinski definition) is 9. The van der Waals surface area contributed by atoms with E-state index in [9.17, 15) is 10.2 Å². The van der Waals surface area contributed by atoms with Gasteiger partial charge in [0.1, 0.15) is 29.3 Å². The molecule has 0 aromatic carbocycles. The summed E-state index contributed by atoms with van der Waals surface area (Å²) >= 11 is 1.49. The fourth-order valence-electron chi connectivity index (χ4n) is 1.25. The number of aromatic nitrogens is 2. The molecule has 0 radical (unpaired) electrons. The lowest BCUT2D eigenvalue weighted by Gasteiger charge is -2.38. The lowest BCUT2D eigenvalue weighted by Crippen LogP contribution is -2.61. The first kappa shape index (κ1) is 14.4. The van der Waals surface area contributed by atoms with Crippen molar-refractivity contribution >= 4 is 11.3 Å². The van der Waals surface area contributed by atoms with Crippen LogP contribution in [0.4, 0.5) is 0 Å². The first-order valence-corrected chi connectivity index (χ1v) is 5.77. The molecule has 1 aromatic rings. The van der Waals surface area contributed by atoms with Gasteiger partial charge in [-0.15, -0.1) is 21.5 Å². The Morgan fingerprint density at radius 3 is 2.18 bits per heavy atom. The highest BCUT2D eigenvalue weighted by atomic mass is 32.1. The first-order chi connectivity index (χ1) is 8.07. The third kappa shape index (κ3) is 3.92. The molecule has 5 atom stereocenters. The molecule has 1 fully saturated rings. The van der Waals surface area contributed by atoms with E-state index in [4.69, 9.17) is 20.7 Å². The van der Waals surface area contributed by atoms with Gasteiger partial charge >= 0.3 is 0 Å². The van der Waals surface area contributed by atoms with E-state index < -0.39 is 37.3 Å². The number of rotatable bonds is 1. The van der Waals surface area contributed by atoms with E-state index in [0.717, 1.165) is 0 Å². The summed E-state index contributed by atoms with van der Waals surface area (Å²) in [5.74, 6) is 0. The van der Waals surface area contributed by atoms with Crippen molar-refractivity contribution in [2.24, 2.45) is 5.73 Å². The van der Waals surface area contributed by atoms with E-state index in [1.165, 1.54) is 11.3 Å². The second-order valence-corrected chi connectivity index (χ2v) is 4.08. The highest BCUT2D eigenvalue weighted by Gasteiger charge is 2.41. The molecule has 0 spiro atoms. The van der Waals surface area contributed by atoms with Gasteiger partial charge in [-0.3, -0.25) is 0 Å². The van der Waals surface area contributed by atoms with Crippen molar-refractivity contribution in [1.82, 2.24) is 10.2 Å². The predicted molar refractivity (Wildman–Crippen MR) is 57.9 cm³/mol. The van der Waals surface area contributed by atoms with Crippen LogP contribution in [0.2, 0.25) is 0 Å². The van der Waals surface area contributed by atoms with Gasteiger partial charge in [0.25, 0.3) is 0 Å². The SMILES string of the molecule is N[C@H]1C(O)O[C@H](CO)[C@@H](O)[C@@H]1O.c1nncs1. The summed E-state index contributed by atoms with van der Waals surface area (Å²) in [6.45, 7) is -0.470. The van der Waals surface area contributed by atoms with Gasteiger partial charge in [0.05, 0.1) is 12.6 Å². The van der Waals surface area contributed by atoms with Crippen LogP contribution in [-0.4, -0.2) is 67.9 Å². The third-order valence-corrected chi connectivity index (χ3v) is 2.66. The Hall–Kier alpha value is -0.680. The fraction of sp³-hybridized carbons (Fsp3) is 0.750. The Kier molecular flexibility index (Phi) is 5.85. The lowest BCUT2D eigenvalue weighted by molar-refractivity contribution is -0.248. The standard InChI is InChI=1S/C6H13NO5.C2H2N2S/c7-3-5(10)4(9)2(1-8)12-6(3)11;1-3-4-2-5-1/h2-6,8-11H,1,7H2;1-2H/t2-,3-,4-,5-,6?;/m1./s1. The summed E-state index contributed by atoms with van der Waals surface area (Å²) < 4.78 is 4.70. The highest BCUT2D eigenvalue weighted by molar-refractivity contribution is 7.07. The van der Waals surface area contributed by atoms with Crippen LogP contribution < -0.4 is 5.73 Å². The first-order valence-electron chi connectivity index (χ1n) is 4.82. The predicted octanol–water partition coefficient (Wildman–Crippen LogP) is -2.72. The van der Waals surface area contributed by atoms with E-state index in [1.807, 2.05) is 0 Å². The maximum Gasteiger partial charge on any atom is 0.173 e. The molecule has 9 heteroatoms. The molecular formula is C8H15N3O5S. The minimum atomic E-state index is -1.35. The number of ether oxygens (including phenoxy) is 1. The highest BCUT2D eigenvalue weighted by Crippen LogP contribution is 2.17. The molecule has 6 N–H and O–H groups in total. The summed E-state index contributed by atoms with van der Waals surface area (Å²) in [6, 6.07) is -1.04. The zero-order chi connectivity index (χ0) is 12.8. The Morgan fingerprint density at radius 1 is 1.18 bits per heavy atom. The van der Waals surface area contributed by atoms with Crippen LogP contribution in [0, 0.1) is 0 Å². The molecule has 1 aromatic heterocycles. The molecule has 98 valence electrons. The molecule has 0 saturated carbocycles. The topological polar surface area (TPSA) is 142 Å². The van der Waals surface area contributed by atoms with Crippen LogP contribution in [0.5, 0.6) is 0 Å². The second kappa shape index (κ2) is 6.91. The lowest BCUT2D eigenvalue weighted by atomic mass is 9.98. The second-order valence-electron chi connectivity index (χ2n) is 3.38. The normalized spacial score (nSPS) is 37.1. The number of nitrogens with zero attached hydrogens (tertiary/aromatic N) is 2. The number of aliphatic hydroxyl groups is 4. The minimum Gasteiger partial charge on any atom is -0.394 e. The average molecular weight is 265 g/mol. The van der Waals surface area contributed by atoms with E-state index in [0.29, 0.717) is 0 Å². The molecule has 1 aliphatic rings. The van der Waals surface area contributed by atoms with Gasteiger partial charge in [-0.05, 0) is 0 Å². The van der Waals surface area contributed by atoms with Crippen LogP contribution in [0.25, 0.3) is 0 Å². The molecule has 17 heavy (non-hydrogen) atoms. The van der Waals surface area contributed by atoms with E-state index in [2.05, 4.69) is 10.2 Å². The Bertz CT molecular complexity index is 279. The van der Waals surface area contributed by atoms with Gasteiger partial charge in [-0.1, -0.05) is 0 Å². The maximum absolute atomic E-state index is 9.20. The molecule has 0 aliphatic carbocycles. The molecule has 0 amide bonds. The molecule has 1 saturated heterocycles. The average Bonchev–Trinajstić information content (AvgIpc) is 2.90. The van der Waals surface area contributed by atoms with Gasteiger partial charge in [0.15, 0.2) is 6.29 Å². The molecule has 0 bridgehead atoms. The molecule has 2 heterocycles. The third-order valence-electron chi connectivity index (χ3n) is 2.23. The summed E-state index contributed by atoms with van der Waals surface area (Å²) in [5.41, 5.74) is 8.62. The van der Waals surface area contributed by atoms with Crippen molar-refractivity contribution in [1.29, 1.82) is 0 Å². The zero-order valence-corrected chi connectivity index (χ0v) is 9.64. The largest absolute Gasteiger partial charge is 0.394 e. The van der Waals surface area contributed by atoms with Gasteiger partial charge in [-0.25, -0.2) is 0 Å². The summed E-state index contributed by atoms with van der Waals surface area (Å²) in [5, 5.41) is 43.0. The number of hydrogen-bond donors (Lipinski definition) is 5. The zero-order valence-electron chi connectivity index (χ0n) is 8.83. The Balaban J connectivity index is 0.000000239. The molecule has 8 nitrogen and oxygen atoms in total. The monoisotopic (exact) mass is 265 g/mol. The van der Waals surface area contributed by atoms with Crippen LogP contribution in [0.3, 0.4) is 0 Å². The van der Waals surface area contributed by atoms with Crippen LogP contribution in [0.1, 0.15) is 0 Å². The van der Waals surface area contributed by atoms with E-state index >= 15 is 0 Å². The van der Waals surface area contributed by atoms with Crippen molar-refractivity contribution < 1.29 is 25.2 Å². The molecule has 2 rings (SSSR count). The van der Waals surface area contributed by atoms with Crippen molar-refractivity contribution in [2.75, 3.05) is 6.61 Å². The van der Waals surface area contributed by atoms with E-state index in [-0.39, 0.29) is 0 Å². The van der Waals surface area contributed by atoms with Gasteiger partial charge in [0.2, 0.25) is 0 Å². The van der Waals surface area contributed by atoms with E-state index in [1.54, 1.807) is 11.0 Å². The van der Waals surface area contributed by atoms with Crippen molar-refractivity contribution in [2.45, 2.75) is 30.6 Å².